The number of aromatic nitrogens is 1. The summed E-state index contributed by atoms with van der Waals surface area (Å²) >= 11 is 0. The molecule has 0 radical (unpaired) electrons. The summed E-state index contributed by atoms with van der Waals surface area (Å²) in [6, 6.07) is 6.48. The number of H-pyrrole nitrogens is 1. The summed E-state index contributed by atoms with van der Waals surface area (Å²) < 4.78 is 11.0. The van der Waals surface area contributed by atoms with E-state index < -0.39 is 35.9 Å². The molecule has 0 fully saturated rings. The molecule has 1 aromatic carbocycles. The highest BCUT2D eigenvalue weighted by atomic mass is 16.5. The Labute approximate surface area is 203 Å². The smallest absolute Gasteiger partial charge is 0.328 e. The number of carbonyl (C=O) groups is 4. The third-order valence-corrected chi connectivity index (χ3v) is 5.13. The van der Waals surface area contributed by atoms with Crippen molar-refractivity contribution in [2.45, 2.75) is 57.8 Å². The summed E-state index contributed by atoms with van der Waals surface area (Å²) in [4.78, 5) is 55.0. The molecule has 1 heterocycles. The first kappa shape index (κ1) is 27.4. The van der Waals surface area contributed by atoms with Gasteiger partial charge in [-0.2, -0.15) is 4.79 Å². The van der Waals surface area contributed by atoms with Gasteiger partial charge in [0.2, 0.25) is 17.6 Å². The van der Waals surface area contributed by atoms with Gasteiger partial charge in [0.25, 0.3) is 0 Å². The molecule has 2 atom stereocenters. The molecule has 3 N–H and O–H groups in total. The summed E-state index contributed by atoms with van der Waals surface area (Å²) in [5.41, 5.74) is 10.3. The molecule has 2 amide bonds. The molecule has 0 spiro atoms. The molecule has 11 heteroatoms. The van der Waals surface area contributed by atoms with Crippen molar-refractivity contribution in [1.82, 2.24) is 15.6 Å². The number of amides is 2. The van der Waals surface area contributed by atoms with Gasteiger partial charge in [-0.15, -0.1) is 0 Å². The standard InChI is InChI=1S/C24H31N5O6/c1-15(2)35-24(33)20(9-8-17(30)14-28-25)29-23(32)21(34-11-10-22(31)26-3)12-16-13-27-19-7-5-4-6-18(16)19/h4-7,13-15,20-21,27H,8-12H2,1-3H3,(H,26,31)(H,29,32)/t20-,21-/m0/s1. The predicted octanol–water partition coefficient (Wildman–Crippen LogP) is 1.32. The Morgan fingerprint density at radius 1 is 1.17 bits per heavy atom. The number of nitrogens with zero attached hydrogens (tertiary/aromatic N) is 2. The molecule has 0 aliphatic heterocycles. The normalized spacial score (nSPS) is 12.5. The molecule has 1 aromatic heterocycles. The van der Waals surface area contributed by atoms with Crippen LogP contribution in [0.25, 0.3) is 16.4 Å². The molecule has 2 aromatic rings. The Morgan fingerprint density at radius 2 is 1.91 bits per heavy atom. The number of ether oxygens (including phenoxy) is 2. The van der Waals surface area contributed by atoms with Crippen LogP contribution in [-0.4, -0.2) is 71.5 Å². The summed E-state index contributed by atoms with van der Waals surface area (Å²) in [6.45, 7) is 3.33. The number of para-hydroxylation sites is 1. The van der Waals surface area contributed by atoms with Crippen molar-refractivity contribution in [3.05, 3.63) is 41.6 Å². The number of ketones is 1. The van der Waals surface area contributed by atoms with Crippen molar-refractivity contribution in [2.24, 2.45) is 0 Å². The van der Waals surface area contributed by atoms with Crippen LogP contribution in [0.1, 0.15) is 38.7 Å². The lowest BCUT2D eigenvalue weighted by Gasteiger charge is -2.22. The second-order valence-electron chi connectivity index (χ2n) is 8.14. The Bertz CT molecular complexity index is 1090. The van der Waals surface area contributed by atoms with Gasteiger partial charge >= 0.3 is 12.2 Å². The van der Waals surface area contributed by atoms with Gasteiger partial charge in [-0.05, 0) is 31.9 Å². The van der Waals surface area contributed by atoms with E-state index in [0.29, 0.717) is 0 Å². The predicted molar refractivity (Wildman–Crippen MR) is 128 cm³/mol. The van der Waals surface area contributed by atoms with Crippen molar-refractivity contribution in [3.63, 3.8) is 0 Å². The zero-order valence-electron chi connectivity index (χ0n) is 20.1. The Kier molecular flexibility index (Phi) is 10.8. The van der Waals surface area contributed by atoms with Gasteiger partial charge in [-0.1, -0.05) is 18.2 Å². The third-order valence-electron chi connectivity index (χ3n) is 5.13. The van der Waals surface area contributed by atoms with Crippen molar-refractivity contribution in [2.75, 3.05) is 13.7 Å². The summed E-state index contributed by atoms with van der Waals surface area (Å²) in [5.74, 6) is -2.03. The highest BCUT2D eigenvalue weighted by molar-refractivity contribution is 6.25. The minimum absolute atomic E-state index is 0.00727. The highest BCUT2D eigenvalue weighted by Gasteiger charge is 2.29. The first-order chi connectivity index (χ1) is 16.7. The number of hydrogen-bond acceptors (Lipinski definition) is 6. The van der Waals surface area contributed by atoms with Gasteiger partial charge < -0.3 is 30.6 Å². The van der Waals surface area contributed by atoms with Gasteiger partial charge in [0.1, 0.15) is 12.1 Å². The van der Waals surface area contributed by atoms with Gasteiger partial charge in [0.05, 0.1) is 12.7 Å². The number of Topliss-reactive ketones (excluding diaryl/α,β-unsaturated/α-hetero) is 1. The molecule has 0 unspecified atom stereocenters. The maximum atomic E-state index is 13.2. The highest BCUT2D eigenvalue weighted by Crippen LogP contribution is 2.20. The third kappa shape index (κ3) is 8.80. The number of carbonyl (C=O) groups excluding carboxylic acids is 4. The number of fused-ring (bicyclic) bond motifs is 1. The lowest BCUT2D eigenvalue weighted by atomic mass is 10.0. The average Bonchev–Trinajstić information content (AvgIpc) is 3.23. The fourth-order valence-electron chi connectivity index (χ4n) is 3.39. The fraction of sp³-hybridized carbons (Fsp3) is 0.458. The molecule has 0 bridgehead atoms. The van der Waals surface area contributed by atoms with Crippen LogP contribution in [0.4, 0.5) is 0 Å². The minimum Gasteiger partial charge on any atom is -0.461 e. The zero-order valence-corrected chi connectivity index (χ0v) is 20.1. The molecule has 188 valence electrons. The first-order valence-corrected chi connectivity index (χ1v) is 11.3. The van der Waals surface area contributed by atoms with Crippen LogP contribution in [0.3, 0.4) is 0 Å². The molecule has 2 rings (SSSR count). The van der Waals surface area contributed by atoms with E-state index in [1.807, 2.05) is 24.3 Å². The van der Waals surface area contributed by atoms with Gasteiger partial charge in [0, 0.05) is 43.4 Å². The van der Waals surface area contributed by atoms with Crippen LogP contribution >= 0.6 is 0 Å². The molecule has 11 nitrogen and oxygen atoms in total. The zero-order chi connectivity index (χ0) is 25.8. The number of aromatic amines is 1. The SMILES string of the molecule is CNC(=O)CCO[C@@H](Cc1c[nH]c2ccccc12)C(=O)N[C@@H](CCC(=O)C=[N+]=[N-])C(=O)OC(C)C. The fourth-order valence-corrected chi connectivity index (χ4v) is 3.39. The molecule has 35 heavy (non-hydrogen) atoms. The Balaban J connectivity index is 2.20. The average molecular weight is 486 g/mol. The maximum Gasteiger partial charge on any atom is 0.328 e. The minimum atomic E-state index is -1.12. The molecule has 0 aliphatic rings. The topological polar surface area (TPSA) is 163 Å². The van der Waals surface area contributed by atoms with E-state index in [4.69, 9.17) is 15.0 Å². The van der Waals surface area contributed by atoms with Crippen molar-refractivity contribution < 1.29 is 33.4 Å². The number of nitrogens with one attached hydrogen (secondary N) is 3. The van der Waals surface area contributed by atoms with Crippen LogP contribution in [0.15, 0.2) is 30.5 Å². The second kappa shape index (κ2) is 13.8. The Morgan fingerprint density at radius 3 is 2.60 bits per heavy atom. The van der Waals surface area contributed by atoms with E-state index in [1.165, 1.54) is 7.05 Å². The van der Waals surface area contributed by atoms with Crippen LogP contribution in [0.2, 0.25) is 0 Å². The van der Waals surface area contributed by atoms with Crippen molar-refractivity contribution >= 4 is 40.7 Å². The van der Waals surface area contributed by atoms with Crippen molar-refractivity contribution in [3.8, 4) is 0 Å². The summed E-state index contributed by atoms with van der Waals surface area (Å²) in [5, 5.41) is 6.04. The summed E-state index contributed by atoms with van der Waals surface area (Å²) in [6.07, 6.45) is 1.12. The van der Waals surface area contributed by atoms with Crippen LogP contribution in [0.5, 0.6) is 0 Å². The van der Waals surface area contributed by atoms with E-state index >= 15 is 0 Å². The molecular weight excluding hydrogens is 454 g/mol. The van der Waals surface area contributed by atoms with Crippen molar-refractivity contribution in [1.29, 1.82) is 0 Å². The van der Waals surface area contributed by atoms with Gasteiger partial charge in [-0.25, -0.2) is 4.79 Å². The van der Waals surface area contributed by atoms with E-state index in [-0.39, 0.29) is 38.2 Å². The largest absolute Gasteiger partial charge is 0.461 e. The number of benzene rings is 1. The molecule has 0 aliphatic carbocycles. The van der Waals surface area contributed by atoms with E-state index in [1.54, 1.807) is 20.0 Å². The molecule has 0 saturated carbocycles. The second-order valence-corrected chi connectivity index (χ2v) is 8.14. The van der Waals surface area contributed by atoms with Gasteiger partial charge in [-0.3, -0.25) is 14.4 Å². The Hall–Kier alpha value is -3.82. The maximum absolute atomic E-state index is 13.2. The van der Waals surface area contributed by atoms with Crippen LogP contribution < -0.4 is 10.6 Å². The molecular formula is C24H31N5O6. The van der Waals surface area contributed by atoms with E-state index in [2.05, 4.69) is 20.4 Å². The number of hydrogen-bond donors (Lipinski definition) is 3. The monoisotopic (exact) mass is 485 g/mol. The van der Waals surface area contributed by atoms with E-state index in [0.717, 1.165) is 22.7 Å². The summed E-state index contributed by atoms with van der Waals surface area (Å²) in [7, 11) is 1.51. The lowest BCUT2D eigenvalue weighted by molar-refractivity contribution is -0.153. The van der Waals surface area contributed by atoms with Crippen LogP contribution in [0, 0.1) is 0 Å². The number of rotatable bonds is 14. The quantitative estimate of drug-likeness (QED) is 0.158. The lowest BCUT2D eigenvalue weighted by Crippen LogP contribution is -2.48. The van der Waals surface area contributed by atoms with E-state index in [9.17, 15) is 19.2 Å². The first-order valence-electron chi connectivity index (χ1n) is 11.3. The van der Waals surface area contributed by atoms with Crippen LogP contribution in [-0.2, 0) is 35.1 Å². The number of esters is 1. The molecule has 0 saturated heterocycles. The van der Waals surface area contributed by atoms with Gasteiger partial charge in [0.15, 0.2) is 0 Å².